The number of halogens is 3. The number of hydrogen-bond acceptors (Lipinski definition) is 3. The van der Waals surface area contributed by atoms with Gasteiger partial charge in [0.1, 0.15) is 5.15 Å². The van der Waals surface area contributed by atoms with E-state index in [-0.39, 0.29) is 0 Å². The third-order valence-electron chi connectivity index (χ3n) is 2.42. The average molecular weight is 379 g/mol. The maximum absolute atomic E-state index is 13.3. The molecule has 0 aliphatic rings. The third-order valence-corrected chi connectivity index (χ3v) is 4.15. The summed E-state index contributed by atoms with van der Waals surface area (Å²) in [7, 11) is 0. The molecule has 1 heterocycles. The van der Waals surface area contributed by atoms with E-state index in [1.54, 1.807) is 6.07 Å². The summed E-state index contributed by atoms with van der Waals surface area (Å²) < 4.78 is 14.1. The first-order valence-electron chi connectivity index (χ1n) is 5.23. The fraction of sp³-hybridized carbons (Fsp3) is 0.167. The van der Waals surface area contributed by atoms with Crippen molar-refractivity contribution >= 4 is 34.2 Å². The first-order chi connectivity index (χ1) is 8.52. The van der Waals surface area contributed by atoms with Crippen LogP contribution < -0.4 is 0 Å². The topological polar surface area (TPSA) is 46.0 Å². The van der Waals surface area contributed by atoms with E-state index in [1.807, 2.05) is 6.92 Å². The van der Waals surface area contributed by atoms with Crippen molar-refractivity contribution in [3.8, 4) is 17.1 Å². The molecule has 1 aromatic carbocycles. The molecule has 94 valence electrons. The predicted octanol–water partition coefficient (Wildman–Crippen LogP) is 3.81. The Morgan fingerprint density at radius 2 is 2.11 bits per heavy atom. The van der Waals surface area contributed by atoms with E-state index >= 15 is 0 Å². The third kappa shape index (κ3) is 2.56. The molecule has 0 spiro atoms. The SMILES string of the molecule is CCc1nc(-c2ccc(O)c(F)c2)nc(Cl)c1I. The van der Waals surface area contributed by atoms with Crippen molar-refractivity contribution in [2.75, 3.05) is 0 Å². The summed E-state index contributed by atoms with van der Waals surface area (Å²) >= 11 is 8.10. The molecule has 0 saturated heterocycles. The van der Waals surface area contributed by atoms with Gasteiger partial charge in [0.05, 0.1) is 9.26 Å². The van der Waals surface area contributed by atoms with Crippen LogP contribution in [0.5, 0.6) is 5.75 Å². The highest BCUT2D eigenvalue weighted by Crippen LogP contribution is 2.26. The van der Waals surface area contributed by atoms with E-state index < -0.39 is 11.6 Å². The lowest BCUT2D eigenvalue weighted by atomic mass is 10.2. The van der Waals surface area contributed by atoms with Gasteiger partial charge in [-0.1, -0.05) is 18.5 Å². The number of phenols is 1. The molecule has 0 bridgehead atoms. The second-order valence-electron chi connectivity index (χ2n) is 3.62. The molecule has 18 heavy (non-hydrogen) atoms. The van der Waals surface area contributed by atoms with Gasteiger partial charge in [0, 0.05) is 5.56 Å². The van der Waals surface area contributed by atoms with E-state index in [0.717, 1.165) is 9.26 Å². The van der Waals surface area contributed by atoms with Gasteiger partial charge >= 0.3 is 0 Å². The molecule has 1 N–H and O–H groups in total. The fourth-order valence-corrected chi connectivity index (χ4v) is 2.28. The second kappa shape index (κ2) is 5.36. The Bertz CT molecular complexity index is 607. The van der Waals surface area contributed by atoms with Gasteiger partial charge in [-0.3, -0.25) is 0 Å². The molecule has 3 nitrogen and oxygen atoms in total. The molecule has 2 rings (SSSR count). The largest absolute Gasteiger partial charge is 0.505 e. The van der Waals surface area contributed by atoms with Crippen LogP contribution in [0.3, 0.4) is 0 Å². The number of benzene rings is 1. The molecule has 6 heteroatoms. The van der Waals surface area contributed by atoms with Crippen LogP contribution in [0.1, 0.15) is 12.6 Å². The molecule has 0 aliphatic carbocycles. The van der Waals surface area contributed by atoms with E-state index in [9.17, 15) is 4.39 Å². The summed E-state index contributed by atoms with van der Waals surface area (Å²) in [5.74, 6) is -0.744. The summed E-state index contributed by atoms with van der Waals surface area (Å²) in [5.41, 5.74) is 1.30. The normalized spacial score (nSPS) is 10.7. The van der Waals surface area contributed by atoms with Crippen molar-refractivity contribution in [3.05, 3.63) is 38.4 Å². The monoisotopic (exact) mass is 378 g/mol. The van der Waals surface area contributed by atoms with Crippen molar-refractivity contribution in [1.29, 1.82) is 0 Å². The van der Waals surface area contributed by atoms with Crippen LogP contribution in [0.25, 0.3) is 11.4 Å². The van der Waals surface area contributed by atoms with E-state index in [2.05, 4.69) is 32.6 Å². The second-order valence-corrected chi connectivity index (χ2v) is 5.06. The van der Waals surface area contributed by atoms with Crippen molar-refractivity contribution in [3.63, 3.8) is 0 Å². The van der Waals surface area contributed by atoms with Crippen molar-refractivity contribution in [2.45, 2.75) is 13.3 Å². The lowest BCUT2D eigenvalue weighted by Gasteiger charge is -2.07. The van der Waals surface area contributed by atoms with Gasteiger partial charge in [0.15, 0.2) is 17.4 Å². The van der Waals surface area contributed by atoms with Gasteiger partial charge < -0.3 is 5.11 Å². The summed E-state index contributed by atoms with van der Waals surface area (Å²) in [6.07, 6.45) is 0.716. The van der Waals surface area contributed by atoms with Crippen LogP contribution in [0.2, 0.25) is 5.15 Å². The lowest BCUT2D eigenvalue weighted by molar-refractivity contribution is 0.432. The standard InChI is InChI=1S/C12H9ClFIN2O/c1-2-8-10(15)11(13)17-12(16-8)6-3-4-9(18)7(14)5-6/h3-5,18H,2H2,1H3. The zero-order valence-corrected chi connectivity index (χ0v) is 12.3. The van der Waals surface area contributed by atoms with Gasteiger partial charge in [-0.15, -0.1) is 0 Å². The zero-order valence-electron chi connectivity index (χ0n) is 9.41. The fourth-order valence-electron chi connectivity index (χ4n) is 1.47. The summed E-state index contributed by atoms with van der Waals surface area (Å²) in [4.78, 5) is 8.46. The minimum absolute atomic E-state index is 0.353. The van der Waals surface area contributed by atoms with E-state index in [4.69, 9.17) is 16.7 Å². The van der Waals surface area contributed by atoms with Gasteiger partial charge in [0.2, 0.25) is 0 Å². The highest BCUT2D eigenvalue weighted by atomic mass is 127. The molecule has 1 aromatic heterocycles. The Labute approximate surface area is 122 Å². The molecule has 0 unspecified atom stereocenters. The molecule has 0 fully saturated rings. The van der Waals surface area contributed by atoms with Crippen molar-refractivity contribution in [2.24, 2.45) is 0 Å². The predicted molar refractivity (Wildman–Crippen MR) is 76.2 cm³/mol. The Morgan fingerprint density at radius 3 is 2.72 bits per heavy atom. The highest BCUT2D eigenvalue weighted by Gasteiger charge is 2.12. The summed E-state index contributed by atoms with van der Waals surface area (Å²) in [6.45, 7) is 1.96. The molecule has 0 radical (unpaired) electrons. The lowest BCUT2D eigenvalue weighted by Crippen LogP contribution is -1.99. The molecular formula is C12H9ClFIN2O. The number of phenolic OH excluding ortho intramolecular Hbond substituents is 1. The molecule has 0 atom stereocenters. The molecule has 0 saturated carbocycles. The minimum Gasteiger partial charge on any atom is -0.505 e. The Kier molecular flexibility index (Phi) is 4.01. The molecule has 2 aromatic rings. The quantitative estimate of drug-likeness (QED) is 0.638. The number of aromatic nitrogens is 2. The maximum Gasteiger partial charge on any atom is 0.165 e. The van der Waals surface area contributed by atoms with Gasteiger partial charge in [0.25, 0.3) is 0 Å². The van der Waals surface area contributed by atoms with Crippen LogP contribution in [0.4, 0.5) is 4.39 Å². The van der Waals surface area contributed by atoms with Gasteiger partial charge in [-0.2, -0.15) is 0 Å². The van der Waals surface area contributed by atoms with Crippen LogP contribution >= 0.6 is 34.2 Å². The summed E-state index contributed by atoms with van der Waals surface area (Å²) in [5, 5.41) is 9.50. The Morgan fingerprint density at radius 1 is 1.39 bits per heavy atom. The van der Waals surface area contributed by atoms with Crippen molar-refractivity contribution in [1.82, 2.24) is 9.97 Å². The smallest absolute Gasteiger partial charge is 0.165 e. The van der Waals surface area contributed by atoms with E-state index in [1.165, 1.54) is 12.1 Å². The molecular weight excluding hydrogens is 370 g/mol. The van der Waals surface area contributed by atoms with Crippen LogP contribution in [-0.4, -0.2) is 15.1 Å². The average Bonchev–Trinajstić information content (AvgIpc) is 2.36. The molecule has 0 amide bonds. The number of aromatic hydroxyl groups is 1. The van der Waals surface area contributed by atoms with E-state index in [0.29, 0.717) is 23.0 Å². The maximum atomic E-state index is 13.3. The van der Waals surface area contributed by atoms with Gasteiger partial charge in [-0.05, 0) is 47.2 Å². The zero-order chi connectivity index (χ0) is 13.3. The van der Waals surface area contributed by atoms with Crippen LogP contribution in [0, 0.1) is 9.39 Å². The number of rotatable bonds is 2. The number of hydrogen-bond donors (Lipinski definition) is 1. The number of nitrogens with zero attached hydrogens (tertiary/aromatic N) is 2. The minimum atomic E-state index is -0.705. The number of aryl methyl sites for hydroxylation is 1. The Balaban J connectivity index is 2.57. The highest BCUT2D eigenvalue weighted by molar-refractivity contribution is 14.1. The van der Waals surface area contributed by atoms with Gasteiger partial charge in [-0.25, -0.2) is 14.4 Å². The summed E-state index contributed by atoms with van der Waals surface area (Å²) in [6, 6.07) is 4.01. The first kappa shape index (κ1) is 13.5. The van der Waals surface area contributed by atoms with Crippen molar-refractivity contribution < 1.29 is 9.50 Å². The first-order valence-corrected chi connectivity index (χ1v) is 6.69. The Hall–Kier alpha value is -0.950. The van der Waals surface area contributed by atoms with Crippen LogP contribution in [0.15, 0.2) is 18.2 Å². The molecule has 0 aliphatic heterocycles. The van der Waals surface area contributed by atoms with Crippen LogP contribution in [-0.2, 0) is 6.42 Å².